The van der Waals surface area contributed by atoms with Crippen molar-refractivity contribution in [1.82, 2.24) is 9.80 Å². The molecule has 0 saturated carbocycles. The monoisotopic (exact) mass is 244 g/mol. The van der Waals surface area contributed by atoms with E-state index in [2.05, 4.69) is 0 Å². The molecule has 1 aliphatic heterocycles. The molecule has 98 valence electrons. The average molecular weight is 244 g/mol. The summed E-state index contributed by atoms with van der Waals surface area (Å²) in [5.74, 6) is -0.924. The maximum absolute atomic E-state index is 11.7. The first-order chi connectivity index (χ1) is 7.75. The zero-order valence-corrected chi connectivity index (χ0v) is 10.8. The highest BCUT2D eigenvalue weighted by Gasteiger charge is 2.44. The van der Waals surface area contributed by atoms with Gasteiger partial charge < -0.3 is 14.7 Å². The van der Waals surface area contributed by atoms with Gasteiger partial charge >= 0.3 is 5.97 Å². The van der Waals surface area contributed by atoms with E-state index in [9.17, 15) is 9.59 Å². The molecule has 6 heteroatoms. The smallest absolute Gasteiger partial charge is 0.329 e. The molecule has 1 aliphatic rings. The summed E-state index contributed by atoms with van der Waals surface area (Å²) < 4.78 is 5.28. The molecule has 17 heavy (non-hydrogen) atoms. The Morgan fingerprint density at radius 3 is 2.41 bits per heavy atom. The number of carboxylic acid groups (broad SMARTS) is 1. The zero-order valence-electron chi connectivity index (χ0n) is 10.8. The van der Waals surface area contributed by atoms with Gasteiger partial charge in [0.1, 0.15) is 6.61 Å². The standard InChI is InChI=1S/C11H20N2O4/c1-8(10(16)12(3)4)13-6-11(2,7-13)17-5-9(14)15/h8H,5-7H2,1-4H3,(H,14,15). The zero-order chi connectivity index (χ0) is 13.2. The van der Waals surface area contributed by atoms with E-state index in [0.29, 0.717) is 13.1 Å². The van der Waals surface area contributed by atoms with Crippen LogP contribution in [0, 0.1) is 0 Å². The van der Waals surface area contributed by atoms with Crippen LogP contribution in [0.3, 0.4) is 0 Å². The number of hydrogen-bond acceptors (Lipinski definition) is 4. The second kappa shape index (κ2) is 5.01. The largest absolute Gasteiger partial charge is 0.480 e. The number of rotatable bonds is 5. The van der Waals surface area contributed by atoms with Crippen LogP contribution in [-0.4, -0.2) is 72.2 Å². The first-order valence-electron chi connectivity index (χ1n) is 5.56. The molecule has 6 nitrogen and oxygen atoms in total. The van der Waals surface area contributed by atoms with Crippen molar-refractivity contribution in [3.63, 3.8) is 0 Å². The summed E-state index contributed by atoms with van der Waals surface area (Å²) in [5, 5.41) is 8.53. The number of aliphatic carboxylic acids is 1. The van der Waals surface area contributed by atoms with Crippen LogP contribution in [0.4, 0.5) is 0 Å². The normalized spacial score (nSPS) is 20.5. The van der Waals surface area contributed by atoms with E-state index in [4.69, 9.17) is 9.84 Å². The summed E-state index contributed by atoms with van der Waals surface area (Å²) in [6.45, 7) is 4.58. The van der Waals surface area contributed by atoms with Gasteiger partial charge in [0.05, 0.1) is 11.6 Å². The average Bonchev–Trinajstić information content (AvgIpc) is 2.20. The third-order valence-corrected chi connectivity index (χ3v) is 2.97. The number of amides is 1. The lowest BCUT2D eigenvalue weighted by Crippen LogP contribution is -2.66. The fraction of sp³-hybridized carbons (Fsp3) is 0.818. The number of hydrogen-bond donors (Lipinski definition) is 1. The summed E-state index contributed by atoms with van der Waals surface area (Å²) >= 11 is 0. The minimum absolute atomic E-state index is 0.0466. The molecule has 1 heterocycles. The Balaban J connectivity index is 2.39. The van der Waals surface area contributed by atoms with Crippen LogP contribution in [0.5, 0.6) is 0 Å². The van der Waals surface area contributed by atoms with Crippen LogP contribution >= 0.6 is 0 Å². The van der Waals surface area contributed by atoms with Gasteiger partial charge in [0.25, 0.3) is 0 Å². The summed E-state index contributed by atoms with van der Waals surface area (Å²) in [4.78, 5) is 25.6. The molecular weight excluding hydrogens is 224 g/mol. The molecule has 1 unspecified atom stereocenters. The Morgan fingerprint density at radius 2 is 2.00 bits per heavy atom. The highest BCUT2D eigenvalue weighted by molar-refractivity contribution is 5.81. The predicted molar refractivity (Wildman–Crippen MR) is 61.7 cm³/mol. The Bertz CT molecular complexity index is 311. The van der Waals surface area contributed by atoms with Crippen molar-refractivity contribution in [2.75, 3.05) is 33.8 Å². The number of likely N-dealkylation sites (tertiary alicyclic amines) is 1. The molecule has 0 bridgehead atoms. The summed E-state index contributed by atoms with van der Waals surface area (Å²) in [7, 11) is 3.44. The number of carbonyl (C=O) groups is 2. The van der Waals surface area contributed by atoms with Crippen LogP contribution in [0.15, 0.2) is 0 Å². The summed E-state index contributed by atoms with van der Waals surface area (Å²) in [6.07, 6.45) is 0. The van der Waals surface area contributed by atoms with E-state index >= 15 is 0 Å². The molecule has 0 radical (unpaired) electrons. The first-order valence-corrected chi connectivity index (χ1v) is 5.56. The molecule has 1 amide bonds. The maximum atomic E-state index is 11.7. The molecule has 0 aromatic heterocycles. The van der Waals surface area contributed by atoms with Crippen LogP contribution in [-0.2, 0) is 14.3 Å². The van der Waals surface area contributed by atoms with Crippen LogP contribution in [0.2, 0.25) is 0 Å². The predicted octanol–water partition coefficient (Wildman–Crippen LogP) is -0.361. The Morgan fingerprint density at radius 1 is 1.47 bits per heavy atom. The van der Waals surface area contributed by atoms with Crippen molar-refractivity contribution in [3.8, 4) is 0 Å². The summed E-state index contributed by atoms with van der Waals surface area (Å²) in [5.41, 5.74) is -0.445. The lowest BCUT2D eigenvalue weighted by molar-refractivity contribution is -0.173. The van der Waals surface area contributed by atoms with Crippen molar-refractivity contribution < 1.29 is 19.4 Å². The van der Waals surface area contributed by atoms with Crippen molar-refractivity contribution in [3.05, 3.63) is 0 Å². The number of carbonyl (C=O) groups excluding carboxylic acids is 1. The Kier molecular flexibility index (Phi) is 4.11. The van der Waals surface area contributed by atoms with E-state index in [-0.39, 0.29) is 18.6 Å². The number of ether oxygens (including phenoxy) is 1. The fourth-order valence-corrected chi connectivity index (χ4v) is 1.94. The quantitative estimate of drug-likeness (QED) is 0.715. The molecule has 0 spiro atoms. The van der Waals surface area contributed by atoms with Gasteiger partial charge in [-0.3, -0.25) is 9.69 Å². The van der Waals surface area contributed by atoms with Crippen molar-refractivity contribution in [1.29, 1.82) is 0 Å². The lowest BCUT2D eigenvalue weighted by Gasteiger charge is -2.49. The van der Waals surface area contributed by atoms with Crippen LogP contribution in [0.1, 0.15) is 13.8 Å². The lowest BCUT2D eigenvalue weighted by atomic mass is 9.94. The minimum atomic E-state index is -0.970. The minimum Gasteiger partial charge on any atom is -0.480 e. The van der Waals surface area contributed by atoms with Gasteiger partial charge in [-0.1, -0.05) is 0 Å². The van der Waals surface area contributed by atoms with Crippen molar-refractivity contribution in [2.45, 2.75) is 25.5 Å². The van der Waals surface area contributed by atoms with E-state index in [1.165, 1.54) is 0 Å². The van der Waals surface area contributed by atoms with Gasteiger partial charge in [-0.2, -0.15) is 0 Å². The van der Waals surface area contributed by atoms with E-state index in [1.807, 2.05) is 18.7 Å². The molecule has 1 rings (SSSR count). The van der Waals surface area contributed by atoms with Gasteiger partial charge in [0.15, 0.2) is 0 Å². The number of likely N-dealkylation sites (N-methyl/N-ethyl adjacent to an activating group) is 1. The maximum Gasteiger partial charge on any atom is 0.329 e. The van der Waals surface area contributed by atoms with Gasteiger partial charge in [0, 0.05) is 27.2 Å². The van der Waals surface area contributed by atoms with Crippen LogP contribution < -0.4 is 0 Å². The third kappa shape index (κ3) is 3.41. The Labute approximate surface area is 101 Å². The first kappa shape index (κ1) is 13.9. The van der Waals surface area contributed by atoms with E-state index in [0.717, 1.165) is 0 Å². The third-order valence-electron chi connectivity index (χ3n) is 2.97. The van der Waals surface area contributed by atoms with Gasteiger partial charge in [0.2, 0.25) is 5.91 Å². The highest BCUT2D eigenvalue weighted by Crippen LogP contribution is 2.26. The fourth-order valence-electron chi connectivity index (χ4n) is 1.94. The SMILES string of the molecule is CC(C(=O)N(C)C)N1CC(C)(OCC(=O)O)C1. The van der Waals surface area contributed by atoms with Gasteiger partial charge in [-0.25, -0.2) is 4.79 Å². The van der Waals surface area contributed by atoms with Crippen LogP contribution in [0.25, 0.3) is 0 Å². The van der Waals surface area contributed by atoms with E-state index in [1.54, 1.807) is 19.0 Å². The van der Waals surface area contributed by atoms with Crippen molar-refractivity contribution in [2.24, 2.45) is 0 Å². The number of nitrogens with zero attached hydrogens (tertiary/aromatic N) is 2. The molecule has 0 aromatic carbocycles. The van der Waals surface area contributed by atoms with Crippen molar-refractivity contribution >= 4 is 11.9 Å². The molecule has 1 N–H and O–H groups in total. The number of carboxylic acids is 1. The molecule has 0 aromatic rings. The topological polar surface area (TPSA) is 70.1 Å². The molecule has 1 atom stereocenters. The molecule has 0 aliphatic carbocycles. The van der Waals surface area contributed by atoms with E-state index < -0.39 is 11.6 Å². The summed E-state index contributed by atoms with van der Waals surface area (Å²) in [6, 6.07) is -0.188. The second-order valence-corrected chi connectivity index (χ2v) is 4.95. The molecule has 1 fully saturated rings. The molecular formula is C11H20N2O4. The molecule has 1 saturated heterocycles. The highest BCUT2D eigenvalue weighted by atomic mass is 16.5. The van der Waals surface area contributed by atoms with Gasteiger partial charge in [-0.05, 0) is 13.8 Å². The Hall–Kier alpha value is -1.14. The second-order valence-electron chi connectivity index (χ2n) is 4.95. The van der Waals surface area contributed by atoms with Gasteiger partial charge in [-0.15, -0.1) is 0 Å².